The van der Waals surface area contributed by atoms with Crippen molar-refractivity contribution in [2.45, 2.75) is 25.5 Å². The maximum absolute atomic E-state index is 12.0. The number of rotatable bonds is 6. The van der Waals surface area contributed by atoms with Crippen LogP contribution in [0.3, 0.4) is 0 Å². The van der Waals surface area contributed by atoms with Crippen LogP contribution < -0.4 is 15.4 Å². The summed E-state index contributed by atoms with van der Waals surface area (Å²) in [7, 11) is 0. The summed E-state index contributed by atoms with van der Waals surface area (Å²) < 4.78 is 12.2. The standard InChI is InChI=1S/C17H19BrN2O3.ClH/c18-12-3-5-14(6-4-12)22-11-15-7-8-16(23-15)17(21)20-10-13-2-1-9-19-13;/h3-8,13,19H,1-2,9-11H2,(H,20,21);1H. The summed E-state index contributed by atoms with van der Waals surface area (Å²) >= 11 is 3.38. The van der Waals surface area contributed by atoms with Gasteiger partial charge in [0.15, 0.2) is 5.76 Å². The van der Waals surface area contributed by atoms with Crippen LogP contribution in [-0.2, 0) is 6.61 Å². The number of furan rings is 1. The van der Waals surface area contributed by atoms with Crippen molar-refractivity contribution in [2.24, 2.45) is 0 Å². The molecule has 24 heavy (non-hydrogen) atoms. The summed E-state index contributed by atoms with van der Waals surface area (Å²) in [6.45, 7) is 1.95. The second-order valence-corrected chi connectivity index (χ2v) is 6.43. The number of hydrogen-bond acceptors (Lipinski definition) is 4. The van der Waals surface area contributed by atoms with Crippen molar-refractivity contribution in [3.63, 3.8) is 0 Å². The van der Waals surface area contributed by atoms with E-state index in [1.807, 2.05) is 24.3 Å². The van der Waals surface area contributed by atoms with Crippen LogP contribution in [0.25, 0.3) is 0 Å². The van der Waals surface area contributed by atoms with Gasteiger partial charge in [0.25, 0.3) is 5.91 Å². The van der Waals surface area contributed by atoms with E-state index in [2.05, 4.69) is 26.6 Å². The first-order valence-corrected chi connectivity index (χ1v) is 8.49. The molecule has 1 amide bonds. The predicted molar refractivity (Wildman–Crippen MR) is 97.8 cm³/mol. The lowest BCUT2D eigenvalue weighted by molar-refractivity contribution is 0.0918. The van der Waals surface area contributed by atoms with E-state index in [9.17, 15) is 4.79 Å². The van der Waals surface area contributed by atoms with Crippen LogP contribution in [0.4, 0.5) is 0 Å². The number of ether oxygens (including phenoxy) is 1. The SMILES string of the molecule is Cl.O=C(NCC1CCCN1)c1ccc(COc2ccc(Br)cc2)o1. The van der Waals surface area contributed by atoms with Crippen LogP contribution >= 0.6 is 28.3 Å². The van der Waals surface area contributed by atoms with Gasteiger partial charge < -0.3 is 19.8 Å². The van der Waals surface area contributed by atoms with Gasteiger partial charge in [0.1, 0.15) is 18.1 Å². The van der Waals surface area contributed by atoms with E-state index in [-0.39, 0.29) is 18.3 Å². The van der Waals surface area contributed by atoms with Gasteiger partial charge in [-0.2, -0.15) is 0 Å². The molecule has 1 saturated heterocycles. The molecule has 7 heteroatoms. The number of nitrogens with one attached hydrogen (secondary N) is 2. The van der Waals surface area contributed by atoms with Gasteiger partial charge in [-0.1, -0.05) is 15.9 Å². The fourth-order valence-corrected chi connectivity index (χ4v) is 2.76. The minimum atomic E-state index is -0.186. The van der Waals surface area contributed by atoms with Crippen molar-refractivity contribution >= 4 is 34.2 Å². The highest BCUT2D eigenvalue weighted by molar-refractivity contribution is 9.10. The molecule has 3 rings (SSSR count). The van der Waals surface area contributed by atoms with Gasteiger partial charge in [0.05, 0.1) is 0 Å². The highest BCUT2D eigenvalue weighted by Gasteiger charge is 2.17. The molecule has 2 heterocycles. The highest BCUT2D eigenvalue weighted by Crippen LogP contribution is 2.18. The third-order valence-corrected chi connectivity index (χ3v) is 4.28. The Kier molecular flexibility index (Phi) is 7.15. The molecule has 2 aromatic rings. The van der Waals surface area contributed by atoms with E-state index in [0.717, 1.165) is 23.2 Å². The van der Waals surface area contributed by atoms with Gasteiger partial charge in [0.2, 0.25) is 0 Å². The molecule has 5 nitrogen and oxygen atoms in total. The Bertz CT molecular complexity index is 654. The fourth-order valence-electron chi connectivity index (χ4n) is 2.50. The van der Waals surface area contributed by atoms with Crippen LogP contribution in [-0.4, -0.2) is 25.0 Å². The summed E-state index contributed by atoms with van der Waals surface area (Å²) in [6.07, 6.45) is 2.27. The monoisotopic (exact) mass is 414 g/mol. The number of hydrogen-bond donors (Lipinski definition) is 2. The zero-order valence-electron chi connectivity index (χ0n) is 13.1. The Morgan fingerprint density at radius 2 is 2.08 bits per heavy atom. The van der Waals surface area contributed by atoms with E-state index in [1.54, 1.807) is 12.1 Å². The maximum atomic E-state index is 12.0. The van der Waals surface area contributed by atoms with Crippen molar-refractivity contribution in [3.05, 3.63) is 52.4 Å². The van der Waals surface area contributed by atoms with Crippen LogP contribution in [0.15, 0.2) is 45.3 Å². The minimum absolute atomic E-state index is 0. The summed E-state index contributed by atoms with van der Waals surface area (Å²) in [5.74, 6) is 1.51. The van der Waals surface area contributed by atoms with Crippen LogP contribution in [0, 0.1) is 0 Å². The number of amides is 1. The summed E-state index contributed by atoms with van der Waals surface area (Å²) in [5.41, 5.74) is 0. The third-order valence-electron chi connectivity index (χ3n) is 3.75. The quantitative estimate of drug-likeness (QED) is 0.758. The molecule has 0 radical (unpaired) electrons. The topological polar surface area (TPSA) is 63.5 Å². The molecule has 1 aromatic heterocycles. The van der Waals surface area contributed by atoms with Crippen LogP contribution in [0.1, 0.15) is 29.2 Å². The van der Waals surface area contributed by atoms with Gasteiger partial charge in [-0.3, -0.25) is 4.79 Å². The molecule has 130 valence electrons. The number of benzene rings is 1. The predicted octanol–water partition coefficient (Wildman–Crippen LogP) is 3.52. The molecule has 1 aromatic carbocycles. The smallest absolute Gasteiger partial charge is 0.287 e. The molecule has 1 fully saturated rings. The average molecular weight is 416 g/mol. The molecular formula is C17H20BrClN2O3. The highest BCUT2D eigenvalue weighted by atomic mass is 79.9. The molecule has 2 N–H and O–H groups in total. The first kappa shape index (κ1) is 18.8. The molecule has 0 saturated carbocycles. The van der Waals surface area contributed by atoms with E-state index < -0.39 is 0 Å². The zero-order chi connectivity index (χ0) is 16.1. The van der Waals surface area contributed by atoms with Crippen LogP contribution in [0.5, 0.6) is 5.75 Å². The molecule has 1 aliphatic rings. The number of carbonyl (C=O) groups excluding carboxylic acids is 1. The molecular weight excluding hydrogens is 396 g/mol. The van der Waals surface area contributed by atoms with E-state index in [4.69, 9.17) is 9.15 Å². The maximum Gasteiger partial charge on any atom is 0.287 e. The van der Waals surface area contributed by atoms with Crippen molar-refractivity contribution in [1.82, 2.24) is 10.6 Å². The van der Waals surface area contributed by atoms with Gasteiger partial charge in [-0.05, 0) is 55.8 Å². The normalized spacial score (nSPS) is 16.5. The lowest BCUT2D eigenvalue weighted by Crippen LogP contribution is -2.37. The van der Waals surface area contributed by atoms with Crippen LogP contribution in [0.2, 0.25) is 0 Å². The Morgan fingerprint density at radius 1 is 1.29 bits per heavy atom. The Hall–Kier alpha value is -1.50. The van der Waals surface area contributed by atoms with E-state index in [0.29, 0.717) is 30.7 Å². The van der Waals surface area contributed by atoms with Gasteiger partial charge >= 0.3 is 0 Å². The van der Waals surface area contributed by atoms with Crippen molar-refractivity contribution in [3.8, 4) is 5.75 Å². The third kappa shape index (κ3) is 5.26. The molecule has 0 spiro atoms. The summed E-state index contributed by atoms with van der Waals surface area (Å²) in [6, 6.07) is 11.4. The fraction of sp³-hybridized carbons (Fsp3) is 0.353. The van der Waals surface area contributed by atoms with Gasteiger partial charge in [-0.15, -0.1) is 12.4 Å². The molecule has 1 unspecified atom stereocenters. The minimum Gasteiger partial charge on any atom is -0.486 e. The molecule has 0 aliphatic carbocycles. The lowest BCUT2D eigenvalue weighted by atomic mass is 10.2. The number of carbonyl (C=O) groups is 1. The summed E-state index contributed by atoms with van der Waals surface area (Å²) in [5, 5.41) is 6.24. The molecule has 0 bridgehead atoms. The first-order valence-electron chi connectivity index (χ1n) is 7.69. The van der Waals surface area contributed by atoms with E-state index in [1.165, 1.54) is 6.42 Å². The lowest BCUT2D eigenvalue weighted by Gasteiger charge is -2.10. The Balaban J connectivity index is 0.00000208. The molecule has 1 atom stereocenters. The summed E-state index contributed by atoms with van der Waals surface area (Å²) in [4.78, 5) is 12.0. The van der Waals surface area contributed by atoms with Crippen molar-refractivity contribution < 1.29 is 13.9 Å². The van der Waals surface area contributed by atoms with E-state index >= 15 is 0 Å². The number of halogens is 2. The molecule has 1 aliphatic heterocycles. The first-order chi connectivity index (χ1) is 11.2. The second-order valence-electron chi connectivity index (χ2n) is 5.51. The second kappa shape index (κ2) is 9.11. The largest absolute Gasteiger partial charge is 0.486 e. The van der Waals surface area contributed by atoms with Crippen molar-refractivity contribution in [2.75, 3.05) is 13.1 Å². The van der Waals surface area contributed by atoms with Gasteiger partial charge in [0, 0.05) is 17.1 Å². The Labute approximate surface area is 155 Å². The van der Waals surface area contributed by atoms with Gasteiger partial charge in [-0.25, -0.2) is 0 Å². The van der Waals surface area contributed by atoms with Crippen molar-refractivity contribution in [1.29, 1.82) is 0 Å². The average Bonchev–Trinajstić information content (AvgIpc) is 3.24. The Morgan fingerprint density at radius 3 is 2.79 bits per heavy atom. The zero-order valence-corrected chi connectivity index (χ0v) is 15.5.